The van der Waals surface area contributed by atoms with E-state index >= 15 is 0 Å². The summed E-state index contributed by atoms with van der Waals surface area (Å²) in [7, 11) is -1.84. The van der Waals surface area contributed by atoms with E-state index in [1.165, 1.54) is 33.5 Å². The van der Waals surface area contributed by atoms with Gasteiger partial charge in [-0.1, -0.05) is 6.07 Å². The van der Waals surface area contributed by atoms with E-state index in [0.717, 1.165) is 12.8 Å². The highest BCUT2D eigenvalue weighted by molar-refractivity contribution is 7.89. The lowest BCUT2D eigenvalue weighted by molar-refractivity contribution is 0.180. The lowest BCUT2D eigenvalue weighted by Crippen LogP contribution is -2.41. The minimum absolute atomic E-state index is 0.0773. The Hall–Kier alpha value is -1.93. The molecule has 1 aliphatic rings. The molecule has 2 aromatic rings. The van der Waals surface area contributed by atoms with Gasteiger partial charge in [0.2, 0.25) is 10.0 Å². The van der Waals surface area contributed by atoms with Gasteiger partial charge in [0, 0.05) is 38.3 Å². The van der Waals surface area contributed by atoms with Crippen molar-refractivity contribution in [2.24, 2.45) is 13.0 Å². The second kappa shape index (κ2) is 6.90. The highest BCUT2D eigenvalue weighted by atomic mass is 32.2. The van der Waals surface area contributed by atoms with Gasteiger partial charge in [-0.3, -0.25) is 4.68 Å². The van der Waals surface area contributed by atoms with Crippen LogP contribution in [0.25, 0.3) is 0 Å². The summed E-state index contributed by atoms with van der Waals surface area (Å²) in [6.07, 6.45) is 4.52. The van der Waals surface area contributed by atoms with E-state index in [2.05, 4.69) is 5.10 Å². The Morgan fingerprint density at radius 3 is 2.96 bits per heavy atom. The van der Waals surface area contributed by atoms with Gasteiger partial charge in [-0.2, -0.15) is 9.40 Å². The number of benzene rings is 1. The van der Waals surface area contributed by atoms with Gasteiger partial charge >= 0.3 is 0 Å². The van der Waals surface area contributed by atoms with Gasteiger partial charge in [0.25, 0.3) is 0 Å². The number of piperidine rings is 1. The van der Waals surface area contributed by atoms with Crippen LogP contribution < -0.4 is 4.74 Å². The average Bonchev–Trinajstić information content (AvgIpc) is 3.01. The Labute approximate surface area is 140 Å². The van der Waals surface area contributed by atoms with Gasteiger partial charge in [0.15, 0.2) is 0 Å². The van der Waals surface area contributed by atoms with Crippen LogP contribution in [-0.2, 0) is 17.1 Å². The first-order chi connectivity index (χ1) is 11.4. The number of nitrogens with zero attached hydrogens (tertiary/aromatic N) is 3. The van der Waals surface area contributed by atoms with Crippen molar-refractivity contribution in [2.75, 3.05) is 19.7 Å². The topological polar surface area (TPSA) is 64.4 Å². The Kier molecular flexibility index (Phi) is 4.86. The van der Waals surface area contributed by atoms with Crippen LogP contribution >= 0.6 is 0 Å². The number of aryl methyl sites for hydroxylation is 1. The summed E-state index contributed by atoms with van der Waals surface area (Å²) in [4.78, 5) is 0.205. The third-order valence-corrected chi connectivity index (χ3v) is 5.90. The quantitative estimate of drug-likeness (QED) is 0.825. The van der Waals surface area contributed by atoms with Crippen LogP contribution in [0.5, 0.6) is 5.75 Å². The fraction of sp³-hybridized carbons (Fsp3) is 0.438. The van der Waals surface area contributed by atoms with E-state index in [0.29, 0.717) is 25.4 Å². The van der Waals surface area contributed by atoms with Crippen molar-refractivity contribution >= 4 is 10.0 Å². The summed E-state index contributed by atoms with van der Waals surface area (Å²) in [5, 5.41) is 3.93. The number of ether oxygens (including phenoxy) is 1. The molecule has 24 heavy (non-hydrogen) atoms. The van der Waals surface area contributed by atoms with E-state index < -0.39 is 10.0 Å². The minimum atomic E-state index is -3.53. The maximum absolute atomic E-state index is 13.2. The van der Waals surface area contributed by atoms with E-state index in [1.54, 1.807) is 19.2 Å². The third kappa shape index (κ3) is 3.76. The molecule has 1 fully saturated rings. The zero-order chi connectivity index (χ0) is 17.2. The first kappa shape index (κ1) is 16.9. The van der Waals surface area contributed by atoms with Crippen LogP contribution in [0.3, 0.4) is 0 Å². The van der Waals surface area contributed by atoms with Crippen molar-refractivity contribution in [3.63, 3.8) is 0 Å². The molecule has 1 saturated heterocycles. The fourth-order valence-corrected chi connectivity index (χ4v) is 4.37. The van der Waals surface area contributed by atoms with Crippen molar-refractivity contribution in [2.45, 2.75) is 17.7 Å². The first-order valence-corrected chi connectivity index (χ1v) is 9.26. The smallest absolute Gasteiger partial charge is 0.246 e. The van der Waals surface area contributed by atoms with E-state index in [9.17, 15) is 12.8 Å². The molecule has 0 N–H and O–H groups in total. The van der Waals surface area contributed by atoms with Crippen molar-refractivity contribution in [3.05, 3.63) is 42.5 Å². The summed E-state index contributed by atoms with van der Waals surface area (Å²) in [6.45, 7) is 1.25. The maximum Gasteiger partial charge on any atom is 0.246 e. The van der Waals surface area contributed by atoms with Crippen molar-refractivity contribution in [3.8, 4) is 5.75 Å². The van der Waals surface area contributed by atoms with E-state index in [4.69, 9.17) is 4.74 Å². The van der Waals surface area contributed by atoms with Crippen LogP contribution in [0.1, 0.15) is 12.8 Å². The number of aromatic nitrogens is 2. The Morgan fingerprint density at radius 1 is 1.42 bits per heavy atom. The molecule has 0 saturated carbocycles. The van der Waals surface area contributed by atoms with Crippen LogP contribution in [0, 0.1) is 11.7 Å². The highest BCUT2D eigenvalue weighted by Crippen LogP contribution is 2.24. The lowest BCUT2D eigenvalue weighted by atomic mass is 10.0. The molecule has 0 radical (unpaired) electrons. The van der Waals surface area contributed by atoms with Gasteiger partial charge in [-0.25, -0.2) is 12.8 Å². The number of sulfonamides is 1. The second-order valence-electron chi connectivity index (χ2n) is 5.99. The van der Waals surface area contributed by atoms with Gasteiger partial charge in [-0.15, -0.1) is 0 Å². The predicted octanol–water partition coefficient (Wildman–Crippen LogP) is 2.04. The van der Waals surface area contributed by atoms with Gasteiger partial charge in [0.05, 0.1) is 12.8 Å². The molecule has 0 amide bonds. The first-order valence-electron chi connectivity index (χ1n) is 7.82. The lowest BCUT2D eigenvalue weighted by Gasteiger charge is -2.31. The molecule has 3 rings (SSSR count). The average molecular weight is 353 g/mol. The number of rotatable bonds is 5. The van der Waals surface area contributed by atoms with Crippen LogP contribution in [0.15, 0.2) is 41.6 Å². The molecule has 6 nitrogen and oxygen atoms in total. The molecule has 2 heterocycles. The molecule has 0 unspecified atom stereocenters. The zero-order valence-electron chi connectivity index (χ0n) is 13.4. The molecule has 1 aliphatic heterocycles. The normalized spacial score (nSPS) is 19.3. The van der Waals surface area contributed by atoms with Crippen molar-refractivity contribution in [1.82, 2.24) is 14.1 Å². The van der Waals surface area contributed by atoms with Gasteiger partial charge in [-0.05, 0) is 25.0 Å². The minimum Gasteiger partial charge on any atom is -0.493 e. The monoisotopic (exact) mass is 353 g/mol. The molecule has 0 aliphatic carbocycles. The van der Waals surface area contributed by atoms with Crippen LogP contribution in [-0.4, -0.2) is 42.2 Å². The second-order valence-corrected chi connectivity index (χ2v) is 7.93. The summed E-state index contributed by atoms with van der Waals surface area (Å²) < 4.78 is 47.0. The molecule has 130 valence electrons. The molecular formula is C16H20FN3O3S. The van der Waals surface area contributed by atoms with E-state index in [-0.39, 0.29) is 16.6 Å². The predicted molar refractivity (Wildman–Crippen MR) is 86.6 cm³/mol. The highest BCUT2D eigenvalue weighted by Gasteiger charge is 2.31. The molecule has 1 aromatic heterocycles. The molecule has 1 atom stereocenters. The van der Waals surface area contributed by atoms with Gasteiger partial charge < -0.3 is 4.74 Å². The Bertz CT molecular complexity index is 806. The van der Waals surface area contributed by atoms with Gasteiger partial charge in [0.1, 0.15) is 16.5 Å². The number of halogens is 1. The SMILES string of the molecule is Cn1cc(S(=O)(=O)N2CCC[C@H](COc3cccc(F)c3)C2)cn1. The number of hydrogen-bond acceptors (Lipinski definition) is 4. The summed E-state index contributed by atoms with van der Waals surface area (Å²) >= 11 is 0. The maximum atomic E-state index is 13.2. The molecule has 8 heteroatoms. The third-order valence-electron chi connectivity index (χ3n) is 4.08. The fourth-order valence-electron chi connectivity index (χ4n) is 2.83. The Balaban J connectivity index is 1.64. The summed E-state index contributed by atoms with van der Waals surface area (Å²) in [5.74, 6) is 0.188. The van der Waals surface area contributed by atoms with Crippen LogP contribution in [0.2, 0.25) is 0 Å². The summed E-state index contributed by atoms with van der Waals surface area (Å²) in [5.41, 5.74) is 0. The molecule has 0 spiro atoms. The molecular weight excluding hydrogens is 333 g/mol. The number of hydrogen-bond donors (Lipinski definition) is 0. The molecule has 0 bridgehead atoms. The largest absolute Gasteiger partial charge is 0.493 e. The standard InChI is InChI=1S/C16H20FN3O3S/c1-19-11-16(9-18-19)24(21,22)20-7-3-4-13(10-20)12-23-15-6-2-5-14(17)8-15/h2,5-6,8-9,11,13H,3-4,7,10,12H2,1H3/t13-/m0/s1. The van der Waals surface area contributed by atoms with Crippen LogP contribution in [0.4, 0.5) is 4.39 Å². The zero-order valence-corrected chi connectivity index (χ0v) is 14.2. The Morgan fingerprint density at radius 2 is 2.25 bits per heavy atom. The molecule has 1 aromatic carbocycles. The van der Waals surface area contributed by atoms with Crippen molar-refractivity contribution in [1.29, 1.82) is 0 Å². The summed E-state index contributed by atoms with van der Waals surface area (Å²) in [6, 6.07) is 5.96. The van der Waals surface area contributed by atoms with Crippen molar-refractivity contribution < 1.29 is 17.5 Å². The van der Waals surface area contributed by atoms with E-state index in [1.807, 2.05) is 0 Å².